The molecule has 2 amide bonds. The SMILES string of the molecule is CCC(CC(=O)O)NC(=O)NCc1ccoc1. The first-order valence-corrected chi connectivity index (χ1v) is 5.39. The number of carboxylic acid groups (broad SMARTS) is 1. The highest BCUT2D eigenvalue weighted by Crippen LogP contribution is 2.00. The van der Waals surface area contributed by atoms with Gasteiger partial charge in [-0.25, -0.2) is 4.79 Å². The van der Waals surface area contributed by atoms with Gasteiger partial charge in [0.05, 0.1) is 18.9 Å². The molecule has 0 saturated carbocycles. The molecule has 94 valence electrons. The third-order valence-electron chi connectivity index (χ3n) is 2.28. The second-order valence-corrected chi connectivity index (χ2v) is 3.66. The van der Waals surface area contributed by atoms with Crippen molar-refractivity contribution in [1.29, 1.82) is 0 Å². The molecule has 0 fully saturated rings. The minimum atomic E-state index is -0.924. The fraction of sp³-hybridized carbons (Fsp3) is 0.455. The Morgan fingerprint density at radius 1 is 1.53 bits per heavy atom. The molecule has 6 heteroatoms. The van der Waals surface area contributed by atoms with Gasteiger partial charge in [0, 0.05) is 18.2 Å². The molecule has 0 aliphatic carbocycles. The van der Waals surface area contributed by atoms with Crippen molar-refractivity contribution >= 4 is 12.0 Å². The Bertz CT molecular complexity index is 362. The highest BCUT2D eigenvalue weighted by atomic mass is 16.4. The number of hydrogen-bond acceptors (Lipinski definition) is 3. The van der Waals surface area contributed by atoms with E-state index in [1.807, 2.05) is 6.92 Å². The van der Waals surface area contributed by atoms with Gasteiger partial charge < -0.3 is 20.2 Å². The molecule has 1 atom stereocenters. The van der Waals surface area contributed by atoms with Crippen LogP contribution in [0.3, 0.4) is 0 Å². The zero-order chi connectivity index (χ0) is 12.7. The first-order chi connectivity index (χ1) is 8.11. The average molecular weight is 240 g/mol. The lowest BCUT2D eigenvalue weighted by Crippen LogP contribution is -2.42. The average Bonchev–Trinajstić information content (AvgIpc) is 2.77. The third-order valence-corrected chi connectivity index (χ3v) is 2.28. The molecule has 1 aromatic rings. The number of aliphatic carboxylic acids is 1. The molecule has 1 aromatic heterocycles. The molecule has 0 bridgehead atoms. The van der Waals surface area contributed by atoms with Crippen LogP contribution in [0.1, 0.15) is 25.3 Å². The molecule has 0 aliphatic rings. The number of amides is 2. The lowest BCUT2D eigenvalue weighted by Gasteiger charge is -2.15. The molecule has 0 aliphatic heterocycles. The first kappa shape index (κ1) is 13.1. The predicted molar refractivity (Wildman–Crippen MR) is 60.4 cm³/mol. The summed E-state index contributed by atoms with van der Waals surface area (Å²) in [6.07, 6.45) is 3.56. The number of carboxylic acids is 1. The number of hydrogen-bond donors (Lipinski definition) is 3. The van der Waals surface area contributed by atoms with Crippen LogP contribution in [-0.2, 0) is 11.3 Å². The highest BCUT2D eigenvalue weighted by Gasteiger charge is 2.13. The summed E-state index contributed by atoms with van der Waals surface area (Å²) >= 11 is 0. The molecular formula is C11H16N2O4. The van der Waals surface area contributed by atoms with Gasteiger partial charge >= 0.3 is 12.0 Å². The molecule has 17 heavy (non-hydrogen) atoms. The second-order valence-electron chi connectivity index (χ2n) is 3.66. The second kappa shape index (κ2) is 6.57. The standard InChI is InChI=1S/C11H16N2O4/c1-2-9(5-10(14)15)13-11(16)12-6-8-3-4-17-7-8/h3-4,7,9H,2,5-6H2,1H3,(H,14,15)(H2,12,13,16). The normalized spacial score (nSPS) is 11.8. The Kier molecular flexibility index (Phi) is 5.06. The molecule has 0 saturated heterocycles. The summed E-state index contributed by atoms with van der Waals surface area (Å²) in [6, 6.07) is 1.02. The minimum absolute atomic E-state index is 0.0738. The summed E-state index contributed by atoms with van der Waals surface area (Å²) in [5, 5.41) is 13.8. The van der Waals surface area contributed by atoms with Crippen LogP contribution < -0.4 is 10.6 Å². The van der Waals surface area contributed by atoms with Gasteiger partial charge in [-0.2, -0.15) is 0 Å². The molecule has 0 spiro atoms. The Hall–Kier alpha value is -1.98. The van der Waals surface area contributed by atoms with Crippen molar-refractivity contribution in [1.82, 2.24) is 10.6 Å². The number of furan rings is 1. The zero-order valence-corrected chi connectivity index (χ0v) is 9.60. The fourth-order valence-electron chi connectivity index (χ4n) is 1.32. The summed E-state index contributed by atoms with van der Waals surface area (Å²) in [5.41, 5.74) is 0.853. The Labute approximate surface area is 99.0 Å². The predicted octanol–water partition coefficient (Wildman–Crippen LogP) is 1.33. The van der Waals surface area contributed by atoms with E-state index in [-0.39, 0.29) is 18.5 Å². The minimum Gasteiger partial charge on any atom is -0.481 e. The fourth-order valence-corrected chi connectivity index (χ4v) is 1.32. The van der Waals surface area contributed by atoms with E-state index >= 15 is 0 Å². The Morgan fingerprint density at radius 3 is 2.82 bits per heavy atom. The maximum Gasteiger partial charge on any atom is 0.315 e. The zero-order valence-electron chi connectivity index (χ0n) is 9.60. The number of urea groups is 1. The van der Waals surface area contributed by atoms with E-state index in [9.17, 15) is 9.59 Å². The number of nitrogens with one attached hydrogen (secondary N) is 2. The lowest BCUT2D eigenvalue weighted by molar-refractivity contribution is -0.137. The van der Waals surface area contributed by atoms with E-state index in [0.29, 0.717) is 13.0 Å². The van der Waals surface area contributed by atoms with Gasteiger partial charge in [-0.1, -0.05) is 6.92 Å². The van der Waals surface area contributed by atoms with Crippen LogP contribution in [0, 0.1) is 0 Å². The van der Waals surface area contributed by atoms with Crippen LogP contribution in [0.15, 0.2) is 23.0 Å². The van der Waals surface area contributed by atoms with Crippen LogP contribution in [0.4, 0.5) is 4.79 Å². The van der Waals surface area contributed by atoms with Crippen LogP contribution >= 0.6 is 0 Å². The summed E-state index contributed by atoms with van der Waals surface area (Å²) in [7, 11) is 0. The smallest absolute Gasteiger partial charge is 0.315 e. The van der Waals surface area contributed by atoms with E-state index in [1.54, 1.807) is 6.07 Å². The van der Waals surface area contributed by atoms with Crippen molar-refractivity contribution < 1.29 is 19.1 Å². The molecule has 1 unspecified atom stereocenters. The van der Waals surface area contributed by atoms with Gasteiger partial charge in [0.25, 0.3) is 0 Å². The van der Waals surface area contributed by atoms with Gasteiger partial charge in [0.15, 0.2) is 0 Å². The van der Waals surface area contributed by atoms with Gasteiger partial charge in [-0.15, -0.1) is 0 Å². The third kappa shape index (κ3) is 5.05. The van der Waals surface area contributed by atoms with E-state index in [2.05, 4.69) is 10.6 Å². The van der Waals surface area contributed by atoms with Crippen molar-refractivity contribution in [3.8, 4) is 0 Å². The van der Waals surface area contributed by atoms with Crippen molar-refractivity contribution in [3.63, 3.8) is 0 Å². The van der Waals surface area contributed by atoms with E-state index in [0.717, 1.165) is 5.56 Å². The molecule has 0 aromatic carbocycles. The number of carbonyl (C=O) groups excluding carboxylic acids is 1. The first-order valence-electron chi connectivity index (χ1n) is 5.39. The topological polar surface area (TPSA) is 91.6 Å². The lowest BCUT2D eigenvalue weighted by atomic mass is 10.1. The van der Waals surface area contributed by atoms with E-state index in [1.165, 1.54) is 12.5 Å². The summed E-state index contributed by atoms with van der Waals surface area (Å²) < 4.78 is 4.85. The Balaban J connectivity index is 2.30. The van der Waals surface area contributed by atoms with Gasteiger partial charge in [0.1, 0.15) is 0 Å². The van der Waals surface area contributed by atoms with Crippen molar-refractivity contribution in [2.75, 3.05) is 0 Å². The van der Waals surface area contributed by atoms with Gasteiger partial charge in [-0.05, 0) is 12.5 Å². The van der Waals surface area contributed by atoms with Crippen LogP contribution in [0.5, 0.6) is 0 Å². The van der Waals surface area contributed by atoms with Crippen LogP contribution in [0.2, 0.25) is 0 Å². The van der Waals surface area contributed by atoms with Crippen molar-refractivity contribution in [2.45, 2.75) is 32.4 Å². The van der Waals surface area contributed by atoms with Gasteiger partial charge in [-0.3, -0.25) is 4.79 Å². The summed E-state index contributed by atoms with van der Waals surface area (Å²) in [5.74, 6) is -0.924. The molecule has 3 N–H and O–H groups in total. The van der Waals surface area contributed by atoms with Crippen LogP contribution in [-0.4, -0.2) is 23.1 Å². The maximum atomic E-state index is 11.4. The van der Waals surface area contributed by atoms with Crippen molar-refractivity contribution in [2.24, 2.45) is 0 Å². The highest BCUT2D eigenvalue weighted by molar-refractivity contribution is 5.75. The number of carbonyl (C=O) groups is 2. The summed E-state index contributed by atoms with van der Waals surface area (Å²) in [6.45, 7) is 2.18. The molecule has 0 radical (unpaired) electrons. The maximum absolute atomic E-state index is 11.4. The largest absolute Gasteiger partial charge is 0.481 e. The van der Waals surface area contributed by atoms with E-state index < -0.39 is 5.97 Å². The monoisotopic (exact) mass is 240 g/mol. The Morgan fingerprint density at radius 2 is 2.29 bits per heavy atom. The van der Waals surface area contributed by atoms with Crippen molar-refractivity contribution in [3.05, 3.63) is 24.2 Å². The molecule has 1 heterocycles. The van der Waals surface area contributed by atoms with E-state index in [4.69, 9.17) is 9.52 Å². The van der Waals surface area contributed by atoms with Gasteiger partial charge in [0.2, 0.25) is 0 Å². The molecule has 1 rings (SSSR count). The quantitative estimate of drug-likeness (QED) is 0.699. The van der Waals surface area contributed by atoms with Crippen LogP contribution in [0.25, 0.3) is 0 Å². The summed E-state index contributed by atoms with van der Waals surface area (Å²) in [4.78, 5) is 22.0. The number of rotatable bonds is 6. The molecule has 6 nitrogen and oxygen atoms in total. The molecular weight excluding hydrogens is 224 g/mol.